The SMILES string of the molecule is COC1CC(C(=O)O)N(C(=O)c2ccc(-n3ccnc3)cc2)C1. The summed E-state index contributed by atoms with van der Waals surface area (Å²) in [5, 5.41) is 9.30. The first-order valence-corrected chi connectivity index (χ1v) is 7.25. The Hall–Kier alpha value is -2.67. The molecule has 3 rings (SSSR count). The summed E-state index contributed by atoms with van der Waals surface area (Å²) in [6, 6.07) is 6.14. The van der Waals surface area contributed by atoms with Gasteiger partial charge in [-0.2, -0.15) is 0 Å². The van der Waals surface area contributed by atoms with Crippen LogP contribution in [-0.2, 0) is 9.53 Å². The zero-order valence-electron chi connectivity index (χ0n) is 12.6. The first-order valence-electron chi connectivity index (χ1n) is 7.25. The van der Waals surface area contributed by atoms with Crippen LogP contribution in [0.15, 0.2) is 43.0 Å². The number of aromatic nitrogens is 2. The monoisotopic (exact) mass is 315 g/mol. The van der Waals surface area contributed by atoms with Crippen molar-refractivity contribution in [2.24, 2.45) is 0 Å². The van der Waals surface area contributed by atoms with Crippen LogP contribution in [0.5, 0.6) is 0 Å². The summed E-state index contributed by atoms with van der Waals surface area (Å²) in [4.78, 5) is 29.3. The van der Waals surface area contributed by atoms with Gasteiger partial charge < -0.3 is 19.3 Å². The maximum atomic E-state index is 12.6. The molecule has 2 unspecified atom stereocenters. The number of hydrogen-bond acceptors (Lipinski definition) is 4. The van der Waals surface area contributed by atoms with E-state index in [9.17, 15) is 14.7 Å². The van der Waals surface area contributed by atoms with E-state index >= 15 is 0 Å². The van der Waals surface area contributed by atoms with E-state index in [1.165, 1.54) is 12.0 Å². The first-order chi connectivity index (χ1) is 11.1. The van der Waals surface area contributed by atoms with Gasteiger partial charge in [0.1, 0.15) is 6.04 Å². The highest BCUT2D eigenvalue weighted by Crippen LogP contribution is 2.23. The second-order valence-electron chi connectivity index (χ2n) is 5.42. The lowest BCUT2D eigenvalue weighted by Crippen LogP contribution is -2.40. The Morgan fingerprint density at radius 3 is 2.61 bits per heavy atom. The predicted molar refractivity (Wildman–Crippen MR) is 81.4 cm³/mol. The minimum Gasteiger partial charge on any atom is -0.480 e. The van der Waals surface area contributed by atoms with E-state index in [1.807, 2.05) is 4.57 Å². The van der Waals surface area contributed by atoms with E-state index in [1.54, 1.807) is 43.0 Å². The average Bonchev–Trinajstić information content (AvgIpc) is 3.23. The van der Waals surface area contributed by atoms with E-state index in [0.29, 0.717) is 12.0 Å². The van der Waals surface area contributed by atoms with Gasteiger partial charge in [-0.05, 0) is 24.3 Å². The number of benzene rings is 1. The molecule has 2 heterocycles. The third-order valence-electron chi connectivity index (χ3n) is 4.06. The lowest BCUT2D eigenvalue weighted by Gasteiger charge is -2.21. The van der Waals surface area contributed by atoms with Crippen LogP contribution in [0.1, 0.15) is 16.8 Å². The molecule has 1 N–H and O–H groups in total. The maximum absolute atomic E-state index is 12.6. The molecule has 2 atom stereocenters. The van der Waals surface area contributed by atoms with Crippen LogP contribution < -0.4 is 0 Å². The average molecular weight is 315 g/mol. The number of likely N-dealkylation sites (tertiary alicyclic amines) is 1. The second kappa shape index (κ2) is 6.21. The van der Waals surface area contributed by atoms with Crippen molar-refractivity contribution in [3.63, 3.8) is 0 Å². The highest BCUT2D eigenvalue weighted by atomic mass is 16.5. The molecule has 1 aromatic carbocycles. The fourth-order valence-electron chi connectivity index (χ4n) is 2.78. The zero-order valence-corrected chi connectivity index (χ0v) is 12.6. The molecule has 1 aliphatic heterocycles. The number of nitrogens with zero attached hydrogens (tertiary/aromatic N) is 3. The summed E-state index contributed by atoms with van der Waals surface area (Å²) >= 11 is 0. The van der Waals surface area contributed by atoms with E-state index in [4.69, 9.17) is 4.74 Å². The van der Waals surface area contributed by atoms with Gasteiger partial charge in [0.05, 0.1) is 12.4 Å². The van der Waals surface area contributed by atoms with Crippen molar-refractivity contribution in [2.45, 2.75) is 18.6 Å². The van der Waals surface area contributed by atoms with E-state index in [2.05, 4.69) is 4.98 Å². The van der Waals surface area contributed by atoms with E-state index in [0.717, 1.165) is 5.69 Å². The van der Waals surface area contributed by atoms with Crippen LogP contribution in [0.3, 0.4) is 0 Å². The maximum Gasteiger partial charge on any atom is 0.326 e. The molecule has 1 fully saturated rings. The van der Waals surface area contributed by atoms with Gasteiger partial charge in [0.15, 0.2) is 0 Å². The summed E-state index contributed by atoms with van der Waals surface area (Å²) < 4.78 is 7.03. The molecule has 0 saturated carbocycles. The number of ether oxygens (including phenoxy) is 1. The van der Waals surface area contributed by atoms with Crippen molar-refractivity contribution in [2.75, 3.05) is 13.7 Å². The van der Waals surface area contributed by atoms with E-state index in [-0.39, 0.29) is 18.6 Å². The van der Waals surface area contributed by atoms with Crippen molar-refractivity contribution in [1.82, 2.24) is 14.5 Å². The van der Waals surface area contributed by atoms with Crippen LogP contribution in [0.25, 0.3) is 5.69 Å². The number of carboxylic acids is 1. The number of carbonyl (C=O) groups is 2. The molecule has 23 heavy (non-hydrogen) atoms. The van der Waals surface area contributed by atoms with Crippen LogP contribution in [0.2, 0.25) is 0 Å². The third-order valence-corrected chi connectivity index (χ3v) is 4.06. The van der Waals surface area contributed by atoms with Crippen molar-refractivity contribution in [3.8, 4) is 5.69 Å². The number of aliphatic carboxylic acids is 1. The summed E-state index contributed by atoms with van der Waals surface area (Å²) in [6.45, 7) is 0.287. The molecule has 7 nitrogen and oxygen atoms in total. The molecule has 0 aliphatic carbocycles. The number of methoxy groups -OCH3 is 1. The number of carboxylic acid groups (broad SMARTS) is 1. The van der Waals surface area contributed by atoms with Gasteiger partial charge in [0, 0.05) is 43.7 Å². The highest BCUT2D eigenvalue weighted by Gasteiger charge is 2.40. The van der Waals surface area contributed by atoms with Gasteiger partial charge in [-0.3, -0.25) is 4.79 Å². The third kappa shape index (κ3) is 2.95. The van der Waals surface area contributed by atoms with Crippen LogP contribution in [0.4, 0.5) is 0 Å². The smallest absolute Gasteiger partial charge is 0.326 e. The molecule has 2 aromatic rings. The Morgan fingerprint density at radius 2 is 2.04 bits per heavy atom. The Bertz CT molecular complexity index is 697. The first kappa shape index (κ1) is 15.2. The van der Waals surface area contributed by atoms with E-state index < -0.39 is 12.0 Å². The highest BCUT2D eigenvalue weighted by molar-refractivity contribution is 5.97. The lowest BCUT2D eigenvalue weighted by molar-refractivity contribution is -0.141. The fourth-order valence-corrected chi connectivity index (χ4v) is 2.78. The van der Waals surface area contributed by atoms with Gasteiger partial charge in [0.25, 0.3) is 5.91 Å². The van der Waals surface area contributed by atoms with Crippen LogP contribution >= 0.6 is 0 Å². The Labute approximate surface area is 133 Å². The largest absolute Gasteiger partial charge is 0.480 e. The Kier molecular flexibility index (Phi) is 4.12. The lowest BCUT2D eigenvalue weighted by atomic mass is 10.1. The second-order valence-corrected chi connectivity index (χ2v) is 5.42. The summed E-state index contributed by atoms with van der Waals surface area (Å²) in [5.41, 5.74) is 1.34. The number of carbonyl (C=O) groups excluding carboxylic acids is 1. The quantitative estimate of drug-likeness (QED) is 0.916. The standard InChI is InChI=1S/C16H17N3O4/c1-23-13-8-14(16(21)22)19(9-13)15(20)11-2-4-12(5-3-11)18-7-6-17-10-18/h2-7,10,13-14H,8-9H2,1H3,(H,21,22). The number of rotatable bonds is 4. The number of imidazole rings is 1. The normalized spacial score (nSPS) is 20.7. The summed E-state index contributed by atoms with van der Waals surface area (Å²) in [7, 11) is 1.53. The van der Waals surface area contributed by atoms with Gasteiger partial charge >= 0.3 is 5.97 Å². The van der Waals surface area contributed by atoms with Crippen molar-refractivity contribution >= 4 is 11.9 Å². The molecule has 0 spiro atoms. The Balaban J connectivity index is 1.80. The molecule has 1 aromatic heterocycles. The van der Waals surface area contributed by atoms with Crippen molar-refractivity contribution in [1.29, 1.82) is 0 Å². The molecule has 1 amide bonds. The van der Waals surface area contributed by atoms with Crippen molar-refractivity contribution in [3.05, 3.63) is 48.5 Å². The molecule has 1 aliphatic rings. The van der Waals surface area contributed by atoms with Gasteiger partial charge in [0.2, 0.25) is 0 Å². The number of amides is 1. The Morgan fingerprint density at radius 1 is 1.30 bits per heavy atom. The van der Waals surface area contributed by atoms with Gasteiger partial charge in [-0.15, -0.1) is 0 Å². The fraction of sp³-hybridized carbons (Fsp3) is 0.312. The van der Waals surface area contributed by atoms with Gasteiger partial charge in [-0.25, -0.2) is 9.78 Å². The van der Waals surface area contributed by atoms with Gasteiger partial charge in [-0.1, -0.05) is 0 Å². The summed E-state index contributed by atoms with van der Waals surface area (Å²) in [5.74, 6) is -1.30. The molecule has 120 valence electrons. The van der Waals surface area contributed by atoms with Crippen LogP contribution in [0, 0.1) is 0 Å². The van der Waals surface area contributed by atoms with Crippen molar-refractivity contribution < 1.29 is 19.4 Å². The minimum atomic E-state index is -1.01. The van der Waals surface area contributed by atoms with Crippen LogP contribution in [-0.4, -0.2) is 57.2 Å². The number of hydrogen-bond donors (Lipinski definition) is 1. The predicted octanol–water partition coefficient (Wildman–Crippen LogP) is 1.19. The molecule has 0 radical (unpaired) electrons. The molecule has 1 saturated heterocycles. The molecule has 0 bridgehead atoms. The zero-order chi connectivity index (χ0) is 16.4. The molecule has 7 heteroatoms. The molecular weight excluding hydrogens is 298 g/mol. The topological polar surface area (TPSA) is 84.7 Å². The molecular formula is C16H17N3O4. The minimum absolute atomic E-state index is 0.245. The summed E-state index contributed by atoms with van der Waals surface area (Å²) in [6.07, 6.45) is 5.21.